The second kappa shape index (κ2) is 10.4. The molecule has 8 heteroatoms. The highest BCUT2D eigenvalue weighted by Crippen LogP contribution is 2.27. The summed E-state index contributed by atoms with van der Waals surface area (Å²) in [7, 11) is 0. The molecule has 6 nitrogen and oxygen atoms in total. The molecule has 0 saturated heterocycles. The average Bonchev–Trinajstić information content (AvgIpc) is 3.19. The Bertz CT molecular complexity index is 993. The summed E-state index contributed by atoms with van der Waals surface area (Å²) >= 11 is 1.34. The summed E-state index contributed by atoms with van der Waals surface area (Å²) in [6.45, 7) is 7.88. The van der Waals surface area contributed by atoms with Crippen molar-refractivity contribution < 1.29 is 13.9 Å². The fraction of sp³-hybridized carbons (Fsp3) is 0.348. The quantitative estimate of drug-likeness (QED) is 0.467. The van der Waals surface area contributed by atoms with Gasteiger partial charge in [0.25, 0.3) is 0 Å². The summed E-state index contributed by atoms with van der Waals surface area (Å²) in [4.78, 5) is 12.4. The van der Waals surface area contributed by atoms with E-state index >= 15 is 0 Å². The Morgan fingerprint density at radius 1 is 1.06 bits per heavy atom. The van der Waals surface area contributed by atoms with E-state index in [-0.39, 0.29) is 35.7 Å². The molecule has 0 aliphatic heterocycles. The Labute approximate surface area is 186 Å². The summed E-state index contributed by atoms with van der Waals surface area (Å²) in [6, 6.07) is 15.7. The molecule has 1 amide bonds. The topological polar surface area (TPSA) is 69.0 Å². The van der Waals surface area contributed by atoms with Crippen LogP contribution >= 0.6 is 11.8 Å². The lowest BCUT2D eigenvalue weighted by molar-refractivity contribution is -0.119. The van der Waals surface area contributed by atoms with Crippen molar-refractivity contribution in [2.45, 2.75) is 51.0 Å². The molecule has 2 aromatic carbocycles. The standard InChI is InChI=1S/C23H27FN4O2S/c1-15(2)28-22(17(4)30-20-12-10-19(24)11-13-20)26-27-23(28)31-14-21(29)25-16(3)18-8-6-5-7-9-18/h5-13,15-17H,14H2,1-4H3,(H,25,29). The van der Waals surface area contributed by atoms with Crippen molar-refractivity contribution >= 4 is 17.7 Å². The number of rotatable bonds is 9. The van der Waals surface area contributed by atoms with Crippen molar-refractivity contribution in [3.05, 3.63) is 71.8 Å². The van der Waals surface area contributed by atoms with Crippen LogP contribution < -0.4 is 10.1 Å². The van der Waals surface area contributed by atoms with Gasteiger partial charge < -0.3 is 14.6 Å². The number of ether oxygens (including phenoxy) is 1. The lowest BCUT2D eigenvalue weighted by atomic mass is 10.1. The molecule has 2 atom stereocenters. The number of hydrogen-bond acceptors (Lipinski definition) is 5. The lowest BCUT2D eigenvalue weighted by Crippen LogP contribution is -2.28. The van der Waals surface area contributed by atoms with Crippen LogP contribution in [0.2, 0.25) is 0 Å². The number of thioether (sulfide) groups is 1. The number of benzene rings is 2. The van der Waals surface area contributed by atoms with E-state index in [0.717, 1.165) is 5.56 Å². The Morgan fingerprint density at radius 2 is 1.74 bits per heavy atom. The Kier molecular flexibility index (Phi) is 7.68. The molecule has 1 aromatic heterocycles. The van der Waals surface area contributed by atoms with Crippen LogP contribution in [0.4, 0.5) is 4.39 Å². The van der Waals surface area contributed by atoms with Gasteiger partial charge in [-0.1, -0.05) is 42.1 Å². The molecular formula is C23H27FN4O2S. The first-order chi connectivity index (χ1) is 14.8. The second-order valence-corrected chi connectivity index (χ2v) is 8.45. The molecule has 0 aliphatic rings. The van der Waals surface area contributed by atoms with Gasteiger partial charge >= 0.3 is 0 Å². The summed E-state index contributed by atoms with van der Waals surface area (Å²) in [6.07, 6.45) is -0.387. The number of aromatic nitrogens is 3. The van der Waals surface area contributed by atoms with Gasteiger partial charge in [-0.25, -0.2) is 4.39 Å². The maximum atomic E-state index is 13.1. The van der Waals surface area contributed by atoms with Crippen LogP contribution in [0.5, 0.6) is 5.75 Å². The third-order valence-corrected chi connectivity index (χ3v) is 5.65. The first kappa shape index (κ1) is 22.8. The first-order valence-electron chi connectivity index (χ1n) is 10.2. The second-order valence-electron chi connectivity index (χ2n) is 7.51. The number of halogens is 1. The number of nitrogens with one attached hydrogen (secondary N) is 1. The van der Waals surface area contributed by atoms with Gasteiger partial charge in [-0.3, -0.25) is 4.79 Å². The van der Waals surface area contributed by atoms with Gasteiger partial charge in [0.1, 0.15) is 11.6 Å². The molecule has 3 rings (SSSR count). The summed E-state index contributed by atoms with van der Waals surface area (Å²) in [5.74, 6) is 1.05. The smallest absolute Gasteiger partial charge is 0.230 e. The fourth-order valence-electron chi connectivity index (χ4n) is 3.16. The molecule has 0 radical (unpaired) electrons. The molecule has 2 unspecified atom stereocenters. The van der Waals surface area contributed by atoms with E-state index in [1.54, 1.807) is 12.1 Å². The maximum Gasteiger partial charge on any atom is 0.230 e. The van der Waals surface area contributed by atoms with Crippen LogP contribution in [0, 0.1) is 5.82 Å². The highest BCUT2D eigenvalue weighted by atomic mass is 32.2. The summed E-state index contributed by atoms with van der Waals surface area (Å²) < 4.78 is 21.0. The Balaban J connectivity index is 1.64. The van der Waals surface area contributed by atoms with Crippen LogP contribution in [0.25, 0.3) is 0 Å². The average molecular weight is 443 g/mol. The monoisotopic (exact) mass is 442 g/mol. The van der Waals surface area contributed by atoms with E-state index < -0.39 is 0 Å². The van der Waals surface area contributed by atoms with Crippen molar-refractivity contribution in [1.82, 2.24) is 20.1 Å². The minimum absolute atomic E-state index is 0.0723. The van der Waals surface area contributed by atoms with Gasteiger partial charge in [-0.15, -0.1) is 10.2 Å². The minimum Gasteiger partial charge on any atom is -0.483 e. The van der Waals surface area contributed by atoms with Crippen LogP contribution in [0.3, 0.4) is 0 Å². The molecule has 31 heavy (non-hydrogen) atoms. The van der Waals surface area contributed by atoms with Crippen molar-refractivity contribution in [1.29, 1.82) is 0 Å². The Hall–Kier alpha value is -2.87. The van der Waals surface area contributed by atoms with Gasteiger partial charge in [-0.2, -0.15) is 0 Å². The largest absolute Gasteiger partial charge is 0.483 e. The zero-order valence-corrected chi connectivity index (χ0v) is 18.9. The van der Waals surface area contributed by atoms with E-state index in [4.69, 9.17) is 4.74 Å². The Morgan fingerprint density at radius 3 is 2.39 bits per heavy atom. The molecule has 1 N–H and O–H groups in total. The number of hydrogen-bond donors (Lipinski definition) is 1. The SMILES string of the molecule is CC(NC(=O)CSc1nnc(C(C)Oc2ccc(F)cc2)n1C(C)C)c1ccccc1. The third-order valence-electron chi connectivity index (χ3n) is 4.71. The van der Waals surface area contributed by atoms with E-state index in [1.807, 2.05) is 62.6 Å². The molecule has 3 aromatic rings. The van der Waals surface area contributed by atoms with Gasteiger partial charge in [0.15, 0.2) is 17.1 Å². The number of nitrogens with zero attached hydrogens (tertiary/aromatic N) is 3. The maximum absolute atomic E-state index is 13.1. The third kappa shape index (κ3) is 6.07. The highest BCUT2D eigenvalue weighted by molar-refractivity contribution is 7.99. The van der Waals surface area contributed by atoms with Crippen molar-refractivity contribution in [2.24, 2.45) is 0 Å². The molecular weight excluding hydrogens is 415 g/mol. The van der Waals surface area contributed by atoms with Crippen LogP contribution in [0.15, 0.2) is 59.8 Å². The molecule has 0 spiro atoms. The number of amides is 1. The van der Waals surface area contributed by atoms with Gasteiger partial charge in [0, 0.05) is 6.04 Å². The van der Waals surface area contributed by atoms with Crippen molar-refractivity contribution in [3.63, 3.8) is 0 Å². The van der Waals surface area contributed by atoms with Gasteiger partial charge in [0.2, 0.25) is 5.91 Å². The normalized spacial score (nSPS) is 13.1. The molecule has 0 bridgehead atoms. The van der Waals surface area contributed by atoms with Gasteiger partial charge in [0.05, 0.1) is 11.8 Å². The van der Waals surface area contributed by atoms with E-state index in [0.29, 0.717) is 16.7 Å². The predicted octanol–water partition coefficient (Wildman–Crippen LogP) is 5.11. The minimum atomic E-state index is -0.387. The number of carbonyl (C=O) groups is 1. The molecule has 1 heterocycles. The number of carbonyl (C=O) groups excluding carboxylic acids is 1. The molecule has 0 fully saturated rings. The molecule has 0 aliphatic carbocycles. The summed E-state index contributed by atoms with van der Waals surface area (Å²) in [5.41, 5.74) is 1.06. The van der Waals surface area contributed by atoms with Crippen LogP contribution in [-0.4, -0.2) is 26.4 Å². The van der Waals surface area contributed by atoms with Crippen LogP contribution in [-0.2, 0) is 4.79 Å². The molecule has 0 saturated carbocycles. The van der Waals surface area contributed by atoms with E-state index in [2.05, 4.69) is 15.5 Å². The van der Waals surface area contributed by atoms with Crippen molar-refractivity contribution in [2.75, 3.05) is 5.75 Å². The zero-order chi connectivity index (χ0) is 22.4. The van der Waals surface area contributed by atoms with Crippen molar-refractivity contribution in [3.8, 4) is 5.75 Å². The van der Waals surface area contributed by atoms with E-state index in [1.165, 1.54) is 23.9 Å². The molecule has 164 valence electrons. The van der Waals surface area contributed by atoms with E-state index in [9.17, 15) is 9.18 Å². The highest BCUT2D eigenvalue weighted by Gasteiger charge is 2.22. The summed E-state index contributed by atoms with van der Waals surface area (Å²) in [5, 5.41) is 12.2. The zero-order valence-electron chi connectivity index (χ0n) is 18.1. The lowest BCUT2D eigenvalue weighted by Gasteiger charge is -2.19. The van der Waals surface area contributed by atoms with Gasteiger partial charge in [-0.05, 0) is 57.5 Å². The fourth-order valence-corrected chi connectivity index (χ4v) is 4.04. The van der Waals surface area contributed by atoms with Crippen LogP contribution in [0.1, 0.15) is 57.3 Å². The first-order valence-corrected chi connectivity index (χ1v) is 11.2. The predicted molar refractivity (Wildman–Crippen MR) is 120 cm³/mol.